The Hall–Kier alpha value is -2.49. The van der Waals surface area contributed by atoms with E-state index < -0.39 is 10.2 Å². The number of hydrogen-bond acceptors (Lipinski definition) is 6. The van der Waals surface area contributed by atoms with E-state index in [9.17, 15) is 19.7 Å². The smallest absolute Gasteiger partial charge is 0.294 e. The molecular formula is C20H18Cl2N4O4S. The number of nitrogens with one attached hydrogen (secondary N) is 1. The van der Waals surface area contributed by atoms with Gasteiger partial charge in [0, 0.05) is 53.6 Å². The van der Waals surface area contributed by atoms with Crippen LogP contribution in [0.1, 0.15) is 6.42 Å². The van der Waals surface area contributed by atoms with Crippen molar-refractivity contribution in [2.24, 2.45) is 0 Å². The van der Waals surface area contributed by atoms with Gasteiger partial charge < -0.3 is 15.1 Å². The standard InChI is InChI=1S/C20H18Cl2N4O4S/c21-12-2-4-17-14(9-12)23-20(28)18(31-17)11-19(27)25-7-5-24(6-8-25)15-3-1-13(22)10-16(15)26(29)30/h1-4,9-10,18H,5-8,11H2,(H,23,28). The molecule has 11 heteroatoms. The molecule has 2 heterocycles. The van der Waals surface area contributed by atoms with Gasteiger partial charge in [0.1, 0.15) is 5.69 Å². The monoisotopic (exact) mass is 480 g/mol. The fraction of sp³-hybridized carbons (Fsp3) is 0.300. The maximum atomic E-state index is 12.8. The predicted molar refractivity (Wildman–Crippen MR) is 121 cm³/mol. The normalized spacial score (nSPS) is 18.4. The van der Waals surface area contributed by atoms with E-state index >= 15 is 0 Å². The second-order valence-electron chi connectivity index (χ2n) is 7.20. The summed E-state index contributed by atoms with van der Waals surface area (Å²) in [5.41, 5.74) is 1.09. The van der Waals surface area contributed by atoms with Crippen molar-refractivity contribution in [3.05, 3.63) is 56.6 Å². The summed E-state index contributed by atoms with van der Waals surface area (Å²) in [5, 5.41) is 14.5. The van der Waals surface area contributed by atoms with Gasteiger partial charge >= 0.3 is 0 Å². The number of halogens is 2. The van der Waals surface area contributed by atoms with Gasteiger partial charge in [-0.3, -0.25) is 19.7 Å². The molecule has 162 valence electrons. The maximum absolute atomic E-state index is 12.8. The molecule has 0 spiro atoms. The van der Waals surface area contributed by atoms with Gasteiger partial charge in [-0.1, -0.05) is 23.2 Å². The van der Waals surface area contributed by atoms with Gasteiger partial charge in [0.15, 0.2) is 0 Å². The number of hydrogen-bond donors (Lipinski definition) is 1. The van der Waals surface area contributed by atoms with Crippen molar-refractivity contribution in [3.63, 3.8) is 0 Å². The lowest BCUT2D eigenvalue weighted by Crippen LogP contribution is -2.50. The Labute approximate surface area is 192 Å². The van der Waals surface area contributed by atoms with Crippen LogP contribution in [0.2, 0.25) is 10.0 Å². The highest BCUT2D eigenvalue weighted by molar-refractivity contribution is 8.01. The fourth-order valence-corrected chi connectivity index (χ4v) is 5.07. The largest absolute Gasteiger partial charge is 0.362 e. The van der Waals surface area contributed by atoms with Crippen LogP contribution in [-0.2, 0) is 9.59 Å². The van der Waals surface area contributed by atoms with Crippen molar-refractivity contribution in [2.75, 3.05) is 36.4 Å². The highest BCUT2D eigenvalue weighted by atomic mass is 35.5. The van der Waals surface area contributed by atoms with Crippen molar-refractivity contribution >= 4 is 63.8 Å². The van der Waals surface area contributed by atoms with Gasteiger partial charge in [-0.25, -0.2) is 0 Å². The van der Waals surface area contributed by atoms with E-state index in [1.807, 2.05) is 11.0 Å². The number of carbonyl (C=O) groups excluding carboxylic acids is 2. The van der Waals surface area contributed by atoms with E-state index in [1.165, 1.54) is 17.8 Å². The minimum absolute atomic E-state index is 0.0543. The maximum Gasteiger partial charge on any atom is 0.294 e. The highest BCUT2D eigenvalue weighted by Gasteiger charge is 2.32. The summed E-state index contributed by atoms with van der Waals surface area (Å²) in [6.45, 7) is 1.76. The third-order valence-corrected chi connectivity index (χ3v) is 6.97. The summed E-state index contributed by atoms with van der Waals surface area (Å²) >= 11 is 13.2. The molecule has 0 saturated carbocycles. The Morgan fingerprint density at radius 3 is 2.52 bits per heavy atom. The second-order valence-corrected chi connectivity index (χ2v) is 9.32. The van der Waals surface area contributed by atoms with E-state index in [0.29, 0.717) is 47.6 Å². The molecule has 4 rings (SSSR count). The first kappa shape index (κ1) is 21.7. The van der Waals surface area contributed by atoms with Gasteiger partial charge in [0.2, 0.25) is 11.8 Å². The number of nitro groups is 1. The average Bonchev–Trinajstić information content (AvgIpc) is 2.74. The molecule has 0 radical (unpaired) electrons. The Morgan fingerprint density at radius 2 is 1.81 bits per heavy atom. The van der Waals surface area contributed by atoms with E-state index in [2.05, 4.69) is 5.32 Å². The van der Waals surface area contributed by atoms with Crippen LogP contribution >= 0.6 is 35.0 Å². The Kier molecular flexibility index (Phi) is 6.27. The number of piperazine rings is 1. The summed E-state index contributed by atoms with van der Waals surface area (Å²) < 4.78 is 0. The van der Waals surface area contributed by atoms with Gasteiger partial charge in [-0.05, 0) is 30.3 Å². The number of amides is 2. The second kappa shape index (κ2) is 8.94. The number of benzene rings is 2. The number of rotatable bonds is 4. The minimum Gasteiger partial charge on any atom is -0.362 e. The van der Waals surface area contributed by atoms with Gasteiger partial charge in [-0.15, -0.1) is 11.8 Å². The molecule has 2 aromatic carbocycles. The summed E-state index contributed by atoms with van der Waals surface area (Å²) in [6, 6.07) is 9.85. The Morgan fingerprint density at radius 1 is 1.13 bits per heavy atom. The number of thioether (sulfide) groups is 1. The van der Waals surface area contributed by atoms with E-state index in [-0.39, 0.29) is 23.9 Å². The predicted octanol–water partition coefficient (Wildman–Crippen LogP) is 4.05. The fourth-order valence-electron chi connectivity index (χ4n) is 3.65. The quantitative estimate of drug-likeness (QED) is 0.523. The number of fused-ring (bicyclic) bond motifs is 1. The first-order chi connectivity index (χ1) is 14.8. The zero-order chi connectivity index (χ0) is 22.1. The minimum atomic E-state index is -0.517. The highest BCUT2D eigenvalue weighted by Crippen LogP contribution is 2.38. The number of anilines is 2. The molecular weight excluding hydrogens is 463 g/mol. The molecule has 2 amide bonds. The van der Waals surface area contributed by atoms with Crippen LogP contribution in [0.5, 0.6) is 0 Å². The molecule has 1 saturated heterocycles. The zero-order valence-electron chi connectivity index (χ0n) is 16.2. The topological polar surface area (TPSA) is 95.8 Å². The molecule has 2 aliphatic heterocycles. The number of nitro benzene ring substituents is 1. The Balaban J connectivity index is 1.37. The molecule has 1 atom stereocenters. The molecule has 0 aromatic heterocycles. The van der Waals surface area contributed by atoms with Crippen molar-refractivity contribution in [2.45, 2.75) is 16.6 Å². The molecule has 1 unspecified atom stereocenters. The van der Waals surface area contributed by atoms with Crippen molar-refractivity contribution in [1.82, 2.24) is 4.90 Å². The molecule has 0 bridgehead atoms. The molecule has 1 fully saturated rings. The van der Waals surface area contributed by atoms with Crippen molar-refractivity contribution < 1.29 is 14.5 Å². The lowest BCUT2D eigenvalue weighted by Gasteiger charge is -2.36. The number of nitrogens with zero attached hydrogens (tertiary/aromatic N) is 3. The molecule has 2 aliphatic rings. The van der Waals surface area contributed by atoms with Crippen LogP contribution in [-0.4, -0.2) is 53.1 Å². The van der Waals surface area contributed by atoms with E-state index in [4.69, 9.17) is 23.2 Å². The van der Waals surface area contributed by atoms with Crippen LogP contribution in [0.3, 0.4) is 0 Å². The lowest BCUT2D eigenvalue weighted by atomic mass is 10.2. The Bertz CT molecular complexity index is 1060. The van der Waals surface area contributed by atoms with Gasteiger partial charge in [0.05, 0.1) is 15.9 Å². The molecule has 8 nitrogen and oxygen atoms in total. The number of carbonyl (C=O) groups is 2. The first-order valence-corrected chi connectivity index (χ1v) is 11.2. The lowest BCUT2D eigenvalue weighted by molar-refractivity contribution is -0.384. The van der Waals surface area contributed by atoms with Crippen LogP contribution in [0.25, 0.3) is 0 Å². The average molecular weight is 481 g/mol. The summed E-state index contributed by atoms with van der Waals surface area (Å²) in [4.78, 5) is 40.6. The molecule has 31 heavy (non-hydrogen) atoms. The van der Waals surface area contributed by atoms with Gasteiger partial charge in [-0.2, -0.15) is 0 Å². The first-order valence-electron chi connectivity index (χ1n) is 9.55. The van der Waals surface area contributed by atoms with Crippen LogP contribution in [0.15, 0.2) is 41.3 Å². The SMILES string of the molecule is O=C1Nc2cc(Cl)ccc2SC1CC(=O)N1CCN(c2ccc(Cl)cc2[N+](=O)[O-])CC1. The third-order valence-electron chi connectivity index (χ3n) is 5.23. The van der Waals surface area contributed by atoms with Gasteiger partial charge in [0.25, 0.3) is 5.69 Å². The van der Waals surface area contributed by atoms with Crippen LogP contribution in [0.4, 0.5) is 17.1 Å². The van der Waals surface area contributed by atoms with Crippen LogP contribution in [0, 0.1) is 10.1 Å². The summed E-state index contributed by atoms with van der Waals surface area (Å²) in [6.07, 6.45) is 0.0830. The summed E-state index contributed by atoms with van der Waals surface area (Å²) in [7, 11) is 0. The third kappa shape index (κ3) is 4.73. The molecule has 2 aromatic rings. The zero-order valence-corrected chi connectivity index (χ0v) is 18.5. The van der Waals surface area contributed by atoms with Crippen molar-refractivity contribution in [3.8, 4) is 0 Å². The van der Waals surface area contributed by atoms with Crippen LogP contribution < -0.4 is 10.2 Å². The molecule has 0 aliphatic carbocycles. The summed E-state index contributed by atoms with van der Waals surface area (Å²) in [5.74, 6) is -0.334. The van der Waals surface area contributed by atoms with E-state index in [1.54, 1.807) is 29.2 Å². The van der Waals surface area contributed by atoms with Crippen molar-refractivity contribution in [1.29, 1.82) is 0 Å². The molecule has 1 N–H and O–H groups in total. The van der Waals surface area contributed by atoms with E-state index in [0.717, 1.165) is 4.90 Å².